The molecule has 0 amide bonds. The van der Waals surface area contributed by atoms with Crippen LogP contribution in [0, 0.1) is 5.92 Å². The molecule has 1 aromatic carbocycles. The maximum Gasteiger partial charge on any atom is 0.303 e. The number of rotatable bonds is 8. The number of piperidine rings is 1. The van der Waals surface area contributed by atoms with Gasteiger partial charge >= 0.3 is 5.97 Å². The number of halogens is 4. The van der Waals surface area contributed by atoms with Crippen molar-refractivity contribution >= 4 is 59.9 Å². The summed E-state index contributed by atoms with van der Waals surface area (Å²) in [6.45, 7) is 4.68. The van der Waals surface area contributed by atoms with E-state index in [2.05, 4.69) is 29.3 Å². The van der Waals surface area contributed by atoms with Gasteiger partial charge in [-0.15, -0.1) is 24.8 Å². The lowest BCUT2D eigenvalue weighted by Gasteiger charge is -2.31. The Hall–Kier alpha value is -3.15. The van der Waals surface area contributed by atoms with Crippen LogP contribution in [0.3, 0.4) is 0 Å². The van der Waals surface area contributed by atoms with Gasteiger partial charge in [0.15, 0.2) is 5.75 Å². The number of carboxylic acids is 1. The normalized spacial score (nSPS) is 15.3. The number of likely N-dealkylation sites (tertiary alicyclic amines) is 1. The SMILES string of the molecule is Cl.Cl.O=C(O)CC1CCN(Cc2cc(Oc3cnc(N4CCn5cncc5C4)nc3)nc(-c3cc(Cl)cc(Cl)c3)c2)CC1. The molecule has 0 bridgehead atoms. The van der Waals surface area contributed by atoms with Crippen molar-refractivity contribution in [1.82, 2.24) is 29.4 Å². The lowest BCUT2D eigenvalue weighted by molar-refractivity contribution is -0.138. The largest absolute Gasteiger partial charge is 0.481 e. The highest BCUT2D eigenvalue weighted by Crippen LogP contribution is 2.31. The first kappa shape index (κ1) is 32.8. The number of aromatic nitrogens is 5. The molecule has 1 N–H and O–H groups in total. The molecule has 0 saturated carbocycles. The van der Waals surface area contributed by atoms with E-state index in [4.69, 9.17) is 38.0 Å². The lowest BCUT2D eigenvalue weighted by Crippen LogP contribution is -2.34. The van der Waals surface area contributed by atoms with E-state index in [0.717, 1.165) is 55.8 Å². The van der Waals surface area contributed by atoms with Crippen molar-refractivity contribution in [1.29, 1.82) is 0 Å². The highest BCUT2D eigenvalue weighted by molar-refractivity contribution is 6.35. The molecule has 0 unspecified atom stereocenters. The van der Waals surface area contributed by atoms with Gasteiger partial charge in [-0.25, -0.2) is 19.9 Å². The Labute approximate surface area is 271 Å². The summed E-state index contributed by atoms with van der Waals surface area (Å²) in [6, 6.07) is 9.26. The third kappa shape index (κ3) is 8.27. The smallest absolute Gasteiger partial charge is 0.303 e. The number of aliphatic carboxylic acids is 1. The predicted molar refractivity (Wildman–Crippen MR) is 170 cm³/mol. The van der Waals surface area contributed by atoms with Gasteiger partial charge in [0, 0.05) is 53.9 Å². The van der Waals surface area contributed by atoms with E-state index >= 15 is 0 Å². The van der Waals surface area contributed by atoms with Crippen LogP contribution < -0.4 is 9.64 Å². The van der Waals surface area contributed by atoms with Gasteiger partial charge in [0.05, 0.1) is 36.7 Å². The number of nitrogens with zero attached hydrogens (tertiary/aromatic N) is 7. The minimum absolute atomic E-state index is 0. The highest BCUT2D eigenvalue weighted by atomic mass is 35.5. The van der Waals surface area contributed by atoms with Gasteiger partial charge in [-0.1, -0.05) is 23.2 Å². The zero-order valence-electron chi connectivity index (χ0n) is 23.1. The molecule has 3 aromatic heterocycles. The molecule has 1 fully saturated rings. The summed E-state index contributed by atoms with van der Waals surface area (Å²) in [7, 11) is 0. The number of fused-ring (bicyclic) bond motifs is 1. The average Bonchev–Trinajstić information content (AvgIpc) is 3.42. The van der Waals surface area contributed by atoms with Crippen molar-refractivity contribution in [3.8, 4) is 22.9 Å². The Morgan fingerprint density at radius 3 is 2.37 bits per heavy atom. The molecule has 5 heterocycles. The van der Waals surface area contributed by atoms with Crippen molar-refractivity contribution in [2.24, 2.45) is 5.92 Å². The fourth-order valence-electron chi connectivity index (χ4n) is 5.41. The molecule has 14 heteroatoms. The van der Waals surface area contributed by atoms with Crippen LogP contribution >= 0.6 is 48.0 Å². The van der Waals surface area contributed by atoms with Crippen LogP contribution in [0.2, 0.25) is 10.0 Å². The van der Waals surface area contributed by atoms with Gasteiger partial charge in [-0.3, -0.25) is 9.69 Å². The first-order chi connectivity index (χ1) is 19.9. The second kappa shape index (κ2) is 14.5. The third-order valence-corrected chi connectivity index (χ3v) is 7.91. The lowest BCUT2D eigenvalue weighted by atomic mass is 9.93. The van der Waals surface area contributed by atoms with E-state index in [9.17, 15) is 4.79 Å². The Morgan fingerprint density at radius 1 is 0.953 bits per heavy atom. The number of pyridine rings is 1. The van der Waals surface area contributed by atoms with Gasteiger partial charge < -0.3 is 19.3 Å². The third-order valence-electron chi connectivity index (χ3n) is 7.48. The Balaban J connectivity index is 0.00000212. The maximum atomic E-state index is 11.1. The number of ether oxygens (including phenoxy) is 1. The van der Waals surface area contributed by atoms with Crippen LogP contribution in [-0.4, -0.2) is 60.1 Å². The molecule has 0 aliphatic carbocycles. The molecule has 0 atom stereocenters. The van der Waals surface area contributed by atoms with E-state index in [1.807, 2.05) is 36.8 Å². The van der Waals surface area contributed by atoms with E-state index in [-0.39, 0.29) is 37.2 Å². The molecule has 4 aromatic rings. The molecule has 1 saturated heterocycles. The minimum Gasteiger partial charge on any atom is -0.481 e. The van der Waals surface area contributed by atoms with E-state index in [1.54, 1.807) is 18.5 Å². The fraction of sp³-hybridized carbons (Fsp3) is 0.345. The quantitative estimate of drug-likeness (QED) is 0.229. The molecule has 2 aliphatic rings. The molecule has 0 radical (unpaired) electrons. The summed E-state index contributed by atoms with van der Waals surface area (Å²) in [5, 5.41) is 10.2. The molecule has 228 valence electrons. The zero-order chi connectivity index (χ0) is 28.3. The molecular formula is C29H31Cl4N7O3. The average molecular weight is 667 g/mol. The fourth-order valence-corrected chi connectivity index (χ4v) is 5.93. The Bertz CT molecular complexity index is 1530. The van der Waals surface area contributed by atoms with Crippen LogP contribution in [0.4, 0.5) is 5.95 Å². The number of hydrogen-bond donors (Lipinski definition) is 1. The maximum absolute atomic E-state index is 11.1. The second-order valence-corrected chi connectivity index (χ2v) is 11.4. The van der Waals surface area contributed by atoms with Crippen LogP contribution in [-0.2, 0) is 24.4 Å². The van der Waals surface area contributed by atoms with Gasteiger partial charge in [0.2, 0.25) is 11.8 Å². The van der Waals surface area contributed by atoms with Crippen LogP contribution in [0.1, 0.15) is 30.5 Å². The van der Waals surface area contributed by atoms with Crippen molar-refractivity contribution in [2.45, 2.75) is 38.9 Å². The highest BCUT2D eigenvalue weighted by Gasteiger charge is 2.22. The zero-order valence-corrected chi connectivity index (χ0v) is 26.2. The summed E-state index contributed by atoms with van der Waals surface area (Å²) in [4.78, 5) is 33.6. The van der Waals surface area contributed by atoms with Crippen molar-refractivity contribution in [2.75, 3.05) is 24.5 Å². The summed E-state index contributed by atoms with van der Waals surface area (Å²) >= 11 is 12.6. The van der Waals surface area contributed by atoms with Crippen molar-refractivity contribution in [3.05, 3.63) is 76.6 Å². The number of benzene rings is 1. The van der Waals surface area contributed by atoms with Crippen LogP contribution in [0.15, 0.2) is 55.2 Å². The minimum atomic E-state index is -0.732. The summed E-state index contributed by atoms with van der Waals surface area (Å²) in [6.07, 6.45) is 8.98. The topological polar surface area (TPSA) is 109 Å². The molecule has 6 rings (SSSR count). The van der Waals surface area contributed by atoms with E-state index in [0.29, 0.717) is 46.4 Å². The molecule has 10 nitrogen and oxygen atoms in total. The summed E-state index contributed by atoms with van der Waals surface area (Å²) in [5.74, 6) is 1.01. The first-order valence-corrected chi connectivity index (χ1v) is 14.3. The molecule has 2 aliphatic heterocycles. The number of anilines is 1. The van der Waals surface area contributed by atoms with Crippen LogP contribution in [0.5, 0.6) is 11.6 Å². The van der Waals surface area contributed by atoms with Crippen molar-refractivity contribution in [3.63, 3.8) is 0 Å². The number of imidazole rings is 1. The Morgan fingerprint density at radius 2 is 1.67 bits per heavy atom. The second-order valence-electron chi connectivity index (χ2n) is 10.5. The van der Waals surface area contributed by atoms with Gasteiger partial charge in [0.1, 0.15) is 0 Å². The van der Waals surface area contributed by atoms with Gasteiger partial charge in [0.25, 0.3) is 0 Å². The number of carbonyl (C=O) groups is 1. The van der Waals surface area contributed by atoms with E-state index in [1.165, 1.54) is 0 Å². The van der Waals surface area contributed by atoms with Crippen molar-refractivity contribution < 1.29 is 14.6 Å². The molecule has 0 spiro atoms. The molecular weight excluding hydrogens is 636 g/mol. The van der Waals surface area contributed by atoms with Gasteiger partial charge in [-0.2, -0.15) is 0 Å². The Kier molecular flexibility index (Phi) is 11.1. The standard InChI is InChI=1S/C29H29Cl2N7O3.2ClH/c30-22-10-21(11-23(31)12-22)26-7-20(16-36-3-1-19(2-4-36)9-28(39)40)8-27(35-26)41-25-14-33-29(34-15-25)37-5-6-38-18-32-13-24(38)17-37;;/h7-8,10-15,18-19H,1-6,9,16-17H2,(H,39,40);2*1H. The van der Waals surface area contributed by atoms with E-state index < -0.39 is 5.97 Å². The number of carboxylic acid groups (broad SMARTS) is 1. The first-order valence-electron chi connectivity index (χ1n) is 13.5. The molecule has 43 heavy (non-hydrogen) atoms. The summed E-state index contributed by atoms with van der Waals surface area (Å²) in [5.41, 5.74) is 3.61. The van der Waals surface area contributed by atoms with Gasteiger partial charge in [-0.05, 0) is 61.7 Å². The summed E-state index contributed by atoms with van der Waals surface area (Å²) < 4.78 is 8.29. The monoisotopic (exact) mass is 665 g/mol. The van der Waals surface area contributed by atoms with Crippen LogP contribution in [0.25, 0.3) is 11.3 Å². The predicted octanol–water partition coefficient (Wildman–Crippen LogP) is 6.38. The number of hydrogen-bond acceptors (Lipinski definition) is 8.